The molecule has 0 unspecified atom stereocenters. The minimum absolute atomic E-state index is 0.629. The lowest BCUT2D eigenvalue weighted by molar-refractivity contribution is 0.901. The molecule has 0 aliphatic rings. The Labute approximate surface area is 129 Å². The number of aromatic nitrogens is 4. The van der Waals surface area contributed by atoms with Crippen molar-refractivity contribution in [3.05, 3.63) is 47.9 Å². The van der Waals surface area contributed by atoms with Crippen molar-refractivity contribution < 1.29 is 0 Å². The van der Waals surface area contributed by atoms with Gasteiger partial charge in [0.15, 0.2) is 0 Å². The largest absolute Gasteiger partial charge is 0.378 e. The summed E-state index contributed by atoms with van der Waals surface area (Å²) < 4.78 is 1.73. The van der Waals surface area contributed by atoms with Crippen LogP contribution in [0.4, 0.5) is 11.5 Å². The Balaban J connectivity index is 1.84. The summed E-state index contributed by atoms with van der Waals surface area (Å²) in [6, 6.07) is 10.5. The number of nitrogens with zero attached hydrogens (tertiary/aromatic N) is 5. The van der Waals surface area contributed by atoms with Crippen LogP contribution in [0.1, 0.15) is 18.2 Å². The fourth-order valence-corrected chi connectivity index (χ4v) is 2.31. The Kier molecular flexibility index (Phi) is 3.91. The maximum absolute atomic E-state index is 4.45. The van der Waals surface area contributed by atoms with Crippen LogP contribution in [0.15, 0.2) is 36.7 Å². The van der Waals surface area contributed by atoms with E-state index in [0.717, 1.165) is 24.5 Å². The van der Waals surface area contributed by atoms with Crippen LogP contribution in [0.3, 0.4) is 0 Å². The fraction of sp³-hybridized carbons (Fsp3) is 0.312. The molecular formula is C16H20N6. The molecule has 1 N–H and O–H groups in total. The molecule has 1 aromatic carbocycles. The van der Waals surface area contributed by atoms with Gasteiger partial charge >= 0.3 is 0 Å². The number of hydrogen-bond acceptors (Lipinski definition) is 5. The molecule has 0 aliphatic heterocycles. The topological polar surface area (TPSA) is 58.4 Å². The van der Waals surface area contributed by atoms with Crippen molar-refractivity contribution in [1.29, 1.82) is 0 Å². The van der Waals surface area contributed by atoms with Crippen LogP contribution in [-0.4, -0.2) is 33.7 Å². The first-order valence-corrected chi connectivity index (χ1v) is 7.37. The molecule has 0 radical (unpaired) electrons. The summed E-state index contributed by atoms with van der Waals surface area (Å²) in [7, 11) is 4.09. The first-order chi connectivity index (χ1) is 10.7. The maximum atomic E-state index is 4.45. The van der Waals surface area contributed by atoms with Crippen molar-refractivity contribution in [3.63, 3.8) is 0 Å². The molecule has 0 fully saturated rings. The Bertz CT molecular complexity index is 777. The number of hydrogen-bond donors (Lipinski definition) is 1. The predicted molar refractivity (Wildman–Crippen MR) is 88.3 cm³/mol. The van der Waals surface area contributed by atoms with Crippen molar-refractivity contribution in [2.45, 2.75) is 19.9 Å². The van der Waals surface area contributed by atoms with E-state index in [1.54, 1.807) is 4.52 Å². The van der Waals surface area contributed by atoms with E-state index < -0.39 is 0 Å². The van der Waals surface area contributed by atoms with Crippen molar-refractivity contribution in [2.24, 2.45) is 0 Å². The smallest absolute Gasteiger partial charge is 0.254 e. The van der Waals surface area contributed by atoms with Crippen molar-refractivity contribution in [1.82, 2.24) is 19.6 Å². The highest BCUT2D eigenvalue weighted by Gasteiger charge is 2.07. The molecule has 0 spiro atoms. The quantitative estimate of drug-likeness (QED) is 0.783. The van der Waals surface area contributed by atoms with E-state index in [9.17, 15) is 0 Å². The third-order valence-corrected chi connectivity index (χ3v) is 3.57. The van der Waals surface area contributed by atoms with E-state index in [1.807, 2.05) is 20.2 Å². The molecule has 0 atom stereocenters. The molecular weight excluding hydrogens is 276 g/mol. The molecule has 0 amide bonds. The maximum Gasteiger partial charge on any atom is 0.254 e. The summed E-state index contributed by atoms with van der Waals surface area (Å²) in [5.74, 6) is 1.54. The third kappa shape index (κ3) is 2.86. The number of anilines is 2. The lowest BCUT2D eigenvalue weighted by atomic mass is 10.2. The Morgan fingerprint density at radius 1 is 1.23 bits per heavy atom. The average Bonchev–Trinajstić information content (AvgIpc) is 3.01. The Hall–Kier alpha value is -2.63. The standard InChI is InChI=1S/C16H20N6/c1-4-13-9-15(22-16(20-13)18-11-19-22)17-10-12-6-5-7-14(8-12)21(2)3/h5-9,11,17H,4,10H2,1-3H3. The minimum atomic E-state index is 0.629. The van der Waals surface area contributed by atoms with E-state index in [-0.39, 0.29) is 0 Å². The molecule has 0 saturated heterocycles. The summed E-state index contributed by atoms with van der Waals surface area (Å²) >= 11 is 0. The van der Waals surface area contributed by atoms with Gasteiger partial charge in [0.2, 0.25) is 0 Å². The highest BCUT2D eigenvalue weighted by Crippen LogP contribution is 2.16. The number of rotatable bonds is 5. The van der Waals surface area contributed by atoms with Crippen molar-refractivity contribution in [3.8, 4) is 0 Å². The van der Waals surface area contributed by atoms with E-state index in [0.29, 0.717) is 5.78 Å². The van der Waals surface area contributed by atoms with Gasteiger partial charge in [-0.3, -0.25) is 0 Å². The predicted octanol–water partition coefficient (Wildman–Crippen LogP) is 2.36. The number of nitrogens with one attached hydrogen (secondary N) is 1. The van der Waals surface area contributed by atoms with E-state index in [2.05, 4.69) is 56.5 Å². The van der Waals surface area contributed by atoms with E-state index >= 15 is 0 Å². The zero-order chi connectivity index (χ0) is 15.5. The summed E-state index contributed by atoms with van der Waals surface area (Å²) in [4.78, 5) is 10.7. The number of aryl methyl sites for hydroxylation is 1. The second-order valence-electron chi connectivity index (χ2n) is 5.38. The normalized spacial score (nSPS) is 10.9. The van der Waals surface area contributed by atoms with Crippen LogP contribution in [0.2, 0.25) is 0 Å². The van der Waals surface area contributed by atoms with Crippen LogP contribution in [0.5, 0.6) is 0 Å². The van der Waals surface area contributed by atoms with Crippen LogP contribution in [0, 0.1) is 0 Å². The first kappa shape index (κ1) is 14.3. The van der Waals surface area contributed by atoms with Gasteiger partial charge in [0.05, 0.1) is 0 Å². The second kappa shape index (κ2) is 6.01. The van der Waals surface area contributed by atoms with Gasteiger partial charge in [0, 0.05) is 38.1 Å². The minimum Gasteiger partial charge on any atom is -0.378 e. The van der Waals surface area contributed by atoms with Crippen molar-refractivity contribution >= 4 is 17.3 Å². The monoisotopic (exact) mass is 296 g/mol. The molecule has 0 bridgehead atoms. The summed E-state index contributed by atoms with van der Waals surface area (Å²) in [6.45, 7) is 2.81. The highest BCUT2D eigenvalue weighted by atomic mass is 15.3. The van der Waals surface area contributed by atoms with Gasteiger partial charge < -0.3 is 10.2 Å². The van der Waals surface area contributed by atoms with Crippen LogP contribution < -0.4 is 10.2 Å². The Morgan fingerprint density at radius 2 is 2.09 bits per heavy atom. The van der Waals surface area contributed by atoms with E-state index in [1.165, 1.54) is 17.6 Å². The van der Waals surface area contributed by atoms with Gasteiger partial charge in [-0.25, -0.2) is 4.98 Å². The van der Waals surface area contributed by atoms with Gasteiger partial charge in [-0.05, 0) is 24.1 Å². The summed E-state index contributed by atoms with van der Waals surface area (Å²) in [5, 5.41) is 7.66. The van der Waals surface area contributed by atoms with Gasteiger partial charge in [-0.1, -0.05) is 19.1 Å². The molecule has 6 heteroatoms. The molecule has 2 aromatic heterocycles. The zero-order valence-corrected chi connectivity index (χ0v) is 13.1. The third-order valence-electron chi connectivity index (χ3n) is 3.57. The lowest BCUT2D eigenvalue weighted by Gasteiger charge is -2.14. The SMILES string of the molecule is CCc1cc(NCc2cccc(N(C)C)c2)n2ncnc2n1. The molecule has 22 heavy (non-hydrogen) atoms. The van der Waals surface area contributed by atoms with Gasteiger partial charge in [-0.2, -0.15) is 14.6 Å². The fourth-order valence-electron chi connectivity index (χ4n) is 2.31. The highest BCUT2D eigenvalue weighted by molar-refractivity contribution is 5.49. The Morgan fingerprint density at radius 3 is 2.86 bits per heavy atom. The second-order valence-corrected chi connectivity index (χ2v) is 5.38. The van der Waals surface area contributed by atoms with Crippen LogP contribution >= 0.6 is 0 Å². The molecule has 0 aliphatic carbocycles. The lowest BCUT2D eigenvalue weighted by Crippen LogP contribution is -2.10. The summed E-state index contributed by atoms with van der Waals surface area (Å²) in [6.07, 6.45) is 2.40. The number of benzene rings is 1. The van der Waals surface area contributed by atoms with Crippen molar-refractivity contribution in [2.75, 3.05) is 24.3 Å². The van der Waals surface area contributed by atoms with Gasteiger partial charge in [0.1, 0.15) is 12.1 Å². The molecule has 3 aromatic rings. The van der Waals surface area contributed by atoms with E-state index in [4.69, 9.17) is 0 Å². The average molecular weight is 296 g/mol. The van der Waals surface area contributed by atoms with Crippen LogP contribution in [-0.2, 0) is 13.0 Å². The first-order valence-electron chi connectivity index (χ1n) is 7.37. The molecule has 2 heterocycles. The molecule has 6 nitrogen and oxygen atoms in total. The van der Waals surface area contributed by atoms with Crippen LogP contribution in [0.25, 0.3) is 5.78 Å². The molecule has 0 saturated carbocycles. The van der Waals surface area contributed by atoms with Gasteiger partial charge in [-0.15, -0.1) is 0 Å². The van der Waals surface area contributed by atoms with Gasteiger partial charge in [0.25, 0.3) is 5.78 Å². The zero-order valence-electron chi connectivity index (χ0n) is 13.1. The number of fused-ring (bicyclic) bond motifs is 1. The molecule has 114 valence electrons. The summed E-state index contributed by atoms with van der Waals surface area (Å²) in [5.41, 5.74) is 3.41. The molecule has 3 rings (SSSR count).